The third kappa shape index (κ3) is 2.73. The van der Waals surface area contributed by atoms with Crippen LogP contribution in [-0.2, 0) is 19.9 Å². The van der Waals surface area contributed by atoms with Gasteiger partial charge in [-0.2, -0.15) is 0 Å². The maximum atomic E-state index is 4.87. The first kappa shape index (κ1) is 15.0. The number of hydrogen-bond donors (Lipinski definition) is 0. The molecule has 0 saturated heterocycles. The summed E-state index contributed by atoms with van der Waals surface area (Å²) in [6, 6.07) is 8.79. The highest BCUT2D eigenvalue weighted by molar-refractivity contribution is 5.81. The molecular formula is C19H25N3. The van der Waals surface area contributed by atoms with Gasteiger partial charge in [-0.05, 0) is 51.4 Å². The van der Waals surface area contributed by atoms with Crippen LogP contribution < -0.4 is 0 Å². The number of aryl methyl sites for hydroxylation is 2. The van der Waals surface area contributed by atoms with Gasteiger partial charge in [-0.25, -0.2) is 4.98 Å². The predicted octanol–water partition coefficient (Wildman–Crippen LogP) is 3.21. The molecule has 3 nitrogen and oxygen atoms in total. The third-order valence-corrected chi connectivity index (χ3v) is 4.56. The van der Waals surface area contributed by atoms with Crippen molar-refractivity contribution < 1.29 is 0 Å². The maximum Gasteiger partial charge on any atom is 0.106 e. The van der Waals surface area contributed by atoms with Gasteiger partial charge in [0.05, 0.1) is 5.69 Å². The fourth-order valence-corrected chi connectivity index (χ4v) is 3.21. The summed E-state index contributed by atoms with van der Waals surface area (Å²) in [7, 11) is 6.38. The molecule has 0 aliphatic heterocycles. The smallest absolute Gasteiger partial charge is 0.106 e. The molecule has 1 aliphatic rings. The van der Waals surface area contributed by atoms with Crippen LogP contribution in [0, 0.1) is 6.92 Å². The highest BCUT2D eigenvalue weighted by Crippen LogP contribution is 2.33. The van der Waals surface area contributed by atoms with Crippen LogP contribution in [0.1, 0.15) is 34.8 Å². The largest absolute Gasteiger partial charge is 0.335 e. The summed E-state index contributed by atoms with van der Waals surface area (Å²) >= 11 is 0. The SMILES string of the molecule is Cc1nc2c(n1C)CCc1ccccc1/C2=C/CCN(C)C. The Hall–Kier alpha value is -1.87. The van der Waals surface area contributed by atoms with Crippen molar-refractivity contribution in [1.29, 1.82) is 0 Å². The molecule has 0 unspecified atom stereocenters. The molecule has 2 aromatic rings. The molecule has 1 aromatic heterocycles. The Morgan fingerprint density at radius 3 is 2.77 bits per heavy atom. The zero-order valence-electron chi connectivity index (χ0n) is 14.1. The first-order valence-corrected chi connectivity index (χ1v) is 8.03. The number of fused-ring (bicyclic) bond motifs is 2. The highest BCUT2D eigenvalue weighted by Gasteiger charge is 2.22. The number of hydrogen-bond acceptors (Lipinski definition) is 2. The number of imidazole rings is 1. The minimum atomic E-state index is 1.05. The molecule has 1 heterocycles. The van der Waals surface area contributed by atoms with Crippen LogP contribution in [0.3, 0.4) is 0 Å². The second-order valence-corrected chi connectivity index (χ2v) is 6.38. The first-order chi connectivity index (χ1) is 10.6. The number of nitrogens with zero attached hydrogens (tertiary/aromatic N) is 3. The fourth-order valence-electron chi connectivity index (χ4n) is 3.21. The van der Waals surface area contributed by atoms with Gasteiger partial charge in [0.1, 0.15) is 5.82 Å². The molecular weight excluding hydrogens is 270 g/mol. The standard InChI is InChI=1S/C19H25N3/c1-14-20-19-17(10-7-13-21(2)3)16-9-6-5-8-15(16)11-12-18(19)22(14)4/h5-6,8-10H,7,11-13H2,1-4H3/b17-10-. The molecule has 0 fully saturated rings. The Kier molecular flexibility index (Phi) is 4.16. The van der Waals surface area contributed by atoms with Gasteiger partial charge in [0, 0.05) is 24.9 Å². The van der Waals surface area contributed by atoms with Crippen molar-refractivity contribution in [3.05, 3.63) is 58.7 Å². The molecule has 0 bridgehead atoms. The van der Waals surface area contributed by atoms with Gasteiger partial charge in [0.15, 0.2) is 0 Å². The van der Waals surface area contributed by atoms with Gasteiger partial charge in [-0.15, -0.1) is 0 Å². The Morgan fingerprint density at radius 2 is 2.00 bits per heavy atom. The number of benzene rings is 1. The third-order valence-electron chi connectivity index (χ3n) is 4.56. The van der Waals surface area contributed by atoms with Gasteiger partial charge in [0.25, 0.3) is 0 Å². The average molecular weight is 295 g/mol. The highest BCUT2D eigenvalue weighted by atomic mass is 15.1. The molecule has 0 N–H and O–H groups in total. The molecule has 3 rings (SSSR count). The van der Waals surface area contributed by atoms with E-state index < -0.39 is 0 Å². The minimum Gasteiger partial charge on any atom is -0.335 e. The monoisotopic (exact) mass is 295 g/mol. The summed E-state index contributed by atoms with van der Waals surface area (Å²) in [6.07, 6.45) is 5.57. The van der Waals surface area contributed by atoms with Crippen molar-refractivity contribution in [3.63, 3.8) is 0 Å². The first-order valence-electron chi connectivity index (χ1n) is 8.03. The van der Waals surface area contributed by atoms with E-state index in [1.807, 2.05) is 0 Å². The summed E-state index contributed by atoms with van der Waals surface area (Å²) in [6.45, 7) is 3.16. The lowest BCUT2D eigenvalue weighted by Gasteiger charge is -2.11. The van der Waals surface area contributed by atoms with Crippen molar-refractivity contribution in [2.24, 2.45) is 7.05 Å². The van der Waals surface area contributed by atoms with E-state index in [-0.39, 0.29) is 0 Å². The summed E-state index contributed by atoms with van der Waals surface area (Å²) in [5, 5.41) is 0. The maximum absolute atomic E-state index is 4.87. The summed E-state index contributed by atoms with van der Waals surface area (Å²) in [4.78, 5) is 7.10. The lowest BCUT2D eigenvalue weighted by atomic mass is 9.97. The second kappa shape index (κ2) is 6.09. The molecule has 1 aromatic carbocycles. The van der Waals surface area contributed by atoms with Crippen molar-refractivity contribution in [1.82, 2.24) is 14.5 Å². The second-order valence-electron chi connectivity index (χ2n) is 6.38. The van der Waals surface area contributed by atoms with Crippen LogP contribution in [-0.4, -0.2) is 35.1 Å². The Balaban J connectivity index is 2.10. The summed E-state index contributed by atoms with van der Waals surface area (Å²) in [5.41, 5.74) is 6.66. The molecule has 0 radical (unpaired) electrons. The van der Waals surface area contributed by atoms with Gasteiger partial charge >= 0.3 is 0 Å². The van der Waals surface area contributed by atoms with E-state index in [0.29, 0.717) is 0 Å². The lowest BCUT2D eigenvalue weighted by Crippen LogP contribution is -2.12. The fraction of sp³-hybridized carbons (Fsp3) is 0.421. The van der Waals surface area contributed by atoms with Gasteiger partial charge in [0.2, 0.25) is 0 Å². The van der Waals surface area contributed by atoms with Gasteiger partial charge < -0.3 is 9.47 Å². The Morgan fingerprint density at radius 1 is 1.23 bits per heavy atom. The van der Waals surface area contributed by atoms with Crippen molar-refractivity contribution >= 4 is 5.57 Å². The van der Waals surface area contributed by atoms with E-state index in [0.717, 1.165) is 31.6 Å². The van der Waals surface area contributed by atoms with Crippen molar-refractivity contribution in [2.45, 2.75) is 26.2 Å². The zero-order valence-corrected chi connectivity index (χ0v) is 14.1. The van der Waals surface area contributed by atoms with Crippen LogP contribution in [0.2, 0.25) is 0 Å². The molecule has 1 aliphatic carbocycles. The molecule has 0 saturated carbocycles. The molecule has 0 amide bonds. The summed E-state index contributed by atoms with van der Waals surface area (Å²) < 4.78 is 2.25. The van der Waals surface area contributed by atoms with E-state index in [1.54, 1.807) is 0 Å². The van der Waals surface area contributed by atoms with E-state index in [2.05, 4.69) is 67.9 Å². The van der Waals surface area contributed by atoms with Gasteiger partial charge in [-0.1, -0.05) is 30.3 Å². The number of rotatable bonds is 3. The van der Waals surface area contributed by atoms with Crippen LogP contribution in [0.5, 0.6) is 0 Å². The molecule has 0 atom stereocenters. The van der Waals surface area contributed by atoms with Crippen molar-refractivity contribution in [2.75, 3.05) is 20.6 Å². The van der Waals surface area contributed by atoms with E-state index in [4.69, 9.17) is 4.98 Å². The van der Waals surface area contributed by atoms with Crippen molar-refractivity contribution in [3.8, 4) is 0 Å². The van der Waals surface area contributed by atoms with Crippen LogP contribution in [0.25, 0.3) is 5.57 Å². The quantitative estimate of drug-likeness (QED) is 0.867. The van der Waals surface area contributed by atoms with E-state index in [1.165, 1.54) is 28.1 Å². The normalized spacial score (nSPS) is 15.8. The summed E-state index contributed by atoms with van der Waals surface area (Å²) in [5.74, 6) is 1.10. The zero-order chi connectivity index (χ0) is 15.7. The lowest BCUT2D eigenvalue weighted by molar-refractivity contribution is 0.417. The molecule has 116 valence electrons. The van der Waals surface area contributed by atoms with Crippen LogP contribution in [0.15, 0.2) is 30.3 Å². The van der Waals surface area contributed by atoms with Crippen LogP contribution in [0.4, 0.5) is 0 Å². The van der Waals surface area contributed by atoms with E-state index in [9.17, 15) is 0 Å². The average Bonchev–Trinajstić information content (AvgIpc) is 2.68. The topological polar surface area (TPSA) is 21.1 Å². The molecule has 22 heavy (non-hydrogen) atoms. The number of aromatic nitrogens is 2. The van der Waals surface area contributed by atoms with Crippen LogP contribution >= 0.6 is 0 Å². The Labute approximate surface area is 133 Å². The van der Waals surface area contributed by atoms with E-state index >= 15 is 0 Å². The molecule has 0 spiro atoms. The van der Waals surface area contributed by atoms with Gasteiger partial charge in [-0.3, -0.25) is 0 Å². The predicted molar refractivity (Wildman–Crippen MR) is 92.0 cm³/mol. The minimum absolute atomic E-state index is 1.05. The molecule has 3 heteroatoms. The Bertz CT molecular complexity index is 707.